The van der Waals surface area contributed by atoms with Gasteiger partial charge in [0, 0.05) is 12.2 Å². The Morgan fingerprint density at radius 3 is 2.90 bits per heavy atom. The molecule has 1 saturated carbocycles. The Morgan fingerprint density at radius 2 is 2.20 bits per heavy atom. The maximum Gasteiger partial charge on any atom is 0.313 e. The van der Waals surface area contributed by atoms with Crippen LogP contribution in [-0.4, -0.2) is 18.8 Å². The first-order valence-electron chi connectivity index (χ1n) is 6.77. The third-order valence-corrected chi connectivity index (χ3v) is 4.69. The van der Waals surface area contributed by atoms with E-state index in [1.807, 2.05) is 30.5 Å². The largest absolute Gasteiger partial charge is 0.465 e. The van der Waals surface area contributed by atoms with E-state index in [1.54, 1.807) is 0 Å². The normalized spacial score (nSPS) is 28.4. The van der Waals surface area contributed by atoms with Gasteiger partial charge in [0.05, 0.1) is 24.1 Å². The number of fused-ring (bicyclic) bond motifs is 1. The van der Waals surface area contributed by atoms with Crippen LogP contribution < -0.4 is 4.18 Å². The molecule has 3 nitrogen and oxygen atoms in total. The zero-order valence-corrected chi connectivity index (χ0v) is 12.4. The van der Waals surface area contributed by atoms with Gasteiger partial charge in [0.25, 0.3) is 0 Å². The average Bonchev–Trinajstić information content (AvgIpc) is 2.89. The summed E-state index contributed by atoms with van der Waals surface area (Å²) in [5, 5.41) is 0. The zero-order valence-electron chi connectivity index (χ0n) is 11.6. The first-order chi connectivity index (χ1) is 9.64. The van der Waals surface area contributed by atoms with Crippen molar-refractivity contribution in [3.8, 4) is 5.75 Å². The van der Waals surface area contributed by atoms with Crippen molar-refractivity contribution >= 4 is 18.0 Å². The maximum absolute atomic E-state index is 12.2. The van der Waals surface area contributed by atoms with Crippen LogP contribution in [0.5, 0.6) is 5.75 Å². The van der Waals surface area contributed by atoms with Crippen molar-refractivity contribution in [2.24, 2.45) is 11.3 Å². The summed E-state index contributed by atoms with van der Waals surface area (Å²) in [6, 6.07) is 7.96. The second kappa shape index (κ2) is 5.17. The summed E-state index contributed by atoms with van der Waals surface area (Å²) in [6.07, 6.45) is 4.30. The van der Waals surface area contributed by atoms with Gasteiger partial charge in [0.2, 0.25) is 0 Å². The number of benzene rings is 1. The summed E-state index contributed by atoms with van der Waals surface area (Å²) in [6.45, 7) is 4.61. The molecule has 1 aromatic carbocycles. The lowest BCUT2D eigenvalue weighted by molar-refractivity contribution is -0.146. The van der Waals surface area contributed by atoms with Crippen molar-refractivity contribution in [1.82, 2.24) is 0 Å². The SMILES string of the molecule is C=C1CC2COC(=O)C2(Cc2ccc(OSC)cc2)C1. The number of esters is 1. The number of carbonyl (C=O) groups is 1. The Morgan fingerprint density at radius 1 is 1.45 bits per heavy atom. The van der Waals surface area contributed by atoms with Crippen LogP contribution in [0.2, 0.25) is 0 Å². The Bertz CT molecular complexity index is 537. The molecule has 0 amide bonds. The standard InChI is InChI=1S/C16H18O3S/c1-11-7-13-10-18-15(17)16(13,8-11)9-12-3-5-14(6-4-12)19-20-2/h3-6,13H,1,7-10H2,2H3. The topological polar surface area (TPSA) is 35.5 Å². The van der Waals surface area contributed by atoms with Crippen molar-refractivity contribution in [1.29, 1.82) is 0 Å². The molecule has 0 N–H and O–H groups in total. The molecule has 1 aliphatic heterocycles. The first kappa shape index (κ1) is 13.6. The summed E-state index contributed by atoms with van der Waals surface area (Å²) in [7, 11) is 0. The van der Waals surface area contributed by atoms with E-state index in [0.717, 1.165) is 30.6 Å². The van der Waals surface area contributed by atoms with Crippen LogP contribution in [0.15, 0.2) is 36.4 Å². The Balaban J connectivity index is 1.81. The van der Waals surface area contributed by atoms with Gasteiger partial charge in [-0.15, -0.1) is 0 Å². The van der Waals surface area contributed by atoms with E-state index in [9.17, 15) is 4.79 Å². The molecule has 2 atom stereocenters. The number of hydrogen-bond donors (Lipinski definition) is 0. The van der Waals surface area contributed by atoms with Crippen LogP contribution in [0, 0.1) is 11.3 Å². The van der Waals surface area contributed by atoms with Gasteiger partial charge in [-0.1, -0.05) is 24.3 Å². The van der Waals surface area contributed by atoms with Crippen LogP contribution in [0.25, 0.3) is 0 Å². The molecule has 1 saturated heterocycles. The van der Waals surface area contributed by atoms with Gasteiger partial charge in [0.1, 0.15) is 5.75 Å². The molecule has 4 heteroatoms. The minimum atomic E-state index is -0.376. The monoisotopic (exact) mass is 290 g/mol. The number of hydrogen-bond acceptors (Lipinski definition) is 4. The molecule has 0 spiro atoms. The van der Waals surface area contributed by atoms with E-state index in [0.29, 0.717) is 12.5 Å². The van der Waals surface area contributed by atoms with Crippen molar-refractivity contribution in [3.63, 3.8) is 0 Å². The molecule has 3 rings (SSSR count). The quantitative estimate of drug-likeness (QED) is 0.484. The summed E-state index contributed by atoms with van der Waals surface area (Å²) in [5.41, 5.74) is 1.95. The van der Waals surface area contributed by atoms with Gasteiger partial charge in [-0.25, -0.2) is 0 Å². The van der Waals surface area contributed by atoms with Crippen molar-refractivity contribution in [2.75, 3.05) is 12.9 Å². The predicted molar refractivity (Wildman–Crippen MR) is 79.5 cm³/mol. The fourth-order valence-corrected chi connectivity index (χ4v) is 3.69. The van der Waals surface area contributed by atoms with E-state index in [2.05, 4.69) is 6.58 Å². The minimum Gasteiger partial charge on any atom is -0.465 e. The molecule has 0 aromatic heterocycles. The van der Waals surface area contributed by atoms with E-state index < -0.39 is 0 Å². The molecular formula is C16H18O3S. The predicted octanol–water partition coefficient (Wildman–Crippen LogP) is 3.40. The third kappa shape index (κ3) is 2.22. The highest BCUT2D eigenvalue weighted by molar-refractivity contribution is 7.94. The van der Waals surface area contributed by atoms with E-state index >= 15 is 0 Å². The maximum atomic E-state index is 12.2. The molecule has 1 aromatic rings. The van der Waals surface area contributed by atoms with Gasteiger partial charge < -0.3 is 8.92 Å². The molecule has 2 unspecified atom stereocenters. The molecule has 2 aliphatic rings. The minimum absolute atomic E-state index is 0.0504. The Hall–Kier alpha value is -1.42. The summed E-state index contributed by atoms with van der Waals surface area (Å²) < 4.78 is 10.7. The molecule has 106 valence electrons. The highest BCUT2D eigenvalue weighted by Crippen LogP contribution is 2.52. The van der Waals surface area contributed by atoms with Gasteiger partial charge in [-0.05, 0) is 37.0 Å². The van der Waals surface area contributed by atoms with Crippen molar-refractivity contribution in [2.45, 2.75) is 19.3 Å². The second-order valence-corrected chi connectivity index (χ2v) is 6.15. The molecular weight excluding hydrogens is 272 g/mol. The van der Waals surface area contributed by atoms with Crippen LogP contribution in [0.1, 0.15) is 18.4 Å². The number of carbonyl (C=O) groups excluding carboxylic acids is 1. The van der Waals surface area contributed by atoms with Crippen LogP contribution >= 0.6 is 12.0 Å². The van der Waals surface area contributed by atoms with Crippen LogP contribution in [0.3, 0.4) is 0 Å². The fourth-order valence-electron chi connectivity index (χ4n) is 3.39. The summed E-state index contributed by atoms with van der Waals surface area (Å²) >= 11 is 1.32. The zero-order chi connectivity index (χ0) is 14.2. The summed E-state index contributed by atoms with van der Waals surface area (Å²) in [5.74, 6) is 1.08. The van der Waals surface area contributed by atoms with Gasteiger partial charge >= 0.3 is 5.97 Å². The highest BCUT2D eigenvalue weighted by Gasteiger charge is 2.55. The number of cyclic esters (lactones) is 1. The highest BCUT2D eigenvalue weighted by atomic mass is 32.2. The van der Waals surface area contributed by atoms with Gasteiger partial charge in [-0.3, -0.25) is 4.79 Å². The van der Waals surface area contributed by atoms with E-state index in [-0.39, 0.29) is 11.4 Å². The lowest BCUT2D eigenvalue weighted by Crippen LogP contribution is -2.31. The molecule has 20 heavy (non-hydrogen) atoms. The molecule has 1 aliphatic carbocycles. The van der Waals surface area contributed by atoms with Gasteiger partial charge in [0.15, 0.2) is 0 Å². The summed E-state index contributed by atoms with van der Waals surface area (Å²) in [4.78, 5) is 12.2. The van der Waals surface area contributed by atoms with Crippen LogP contribution in [0.4, 0.5) is 0 Å². The lowest BCUT2D eigenvalue weighted by atomic mass is 9.75. The number of allylic oxidation sites excluding steroid dienone is 1. The average molecular weight is 290 g/mol. The van der Waals surface area contributed by atoms with E-state index in [4.69, 9.17) is 8.92 Å². The Labute approximate surface area is 123 Å². The van der Waals surface area contributed by atoms with Crippen molar-refractivity contribution < 1.29 is 13.7 Å². The Kier molecular flexibility index (Phi) is 3.50. The number of ether oxygens (including phenoxy) is 1. The molecule has 1 heterocycles. The smallest absolute Gasteiger partial charge is 0.313 e. The number of rotatable bonds is 4. The van der Waals surface area contributed by atoms with E-state index in [1.165, 1.54) is 17.6 Å². The second-order valence-electron chi connectivity index (χ2n) is 5.65. The lowest BCUT2D eigenvalue weighted by Gasteiger charge is -2.24. The van der Waals surface area contributed by atoms with Crippen LogP contribution in [-0.2, 0) is 16.0 Å². The molecule has 0 radical (unpaired) electrons. The van der Waals surface area contributed by atoms with Crippen molar-refractivity contribution in [3.05, 3.63) is 42.0 Å². The fraction of sp³-hybridized carbons (Fsp3) is 0.438. The first-order valence-corrected chi connectivity index (χ1v) is 7.92. The third-order valence-electron chi connectivity index (χ3n) is 4.33. The molecule has 0 bridgehead atoms. The molecule has 2 fully saturated rings. The van der Waals surface area contributed by atoms with Gasteiger partial charge in [-0.2, -0.15) is 0 Å².